The zero-order valence-corrected chi connectivity index (χ0v) is 12.5. The lowest BCUT2D eigenvalue weighted by Gasteiger charge is -2.44. The number of aryl methyl sites for hydroxylation is 1. The third-order valence-corrected chi connectivity index (χ3v) is 4.44. The van der Waals surface area contributed by atoms with Gasteiger partial charge in [-0.1, -0.05) is 0 Å². The van der Waals surface area contributed by atoms with Gasteiger partial charge in [0.05, 0.1) is 18.2 Å². The normalized spacial score (nSPS) is 29.0. The topological polar surface area (TPSA) is 64.5 Å². The number of carbonyl (C=O) groups is 1. The molecule has 0 N–H and O–H groups in total. The molecule has 6 heteroatoms. The van der Waals surface area contributed by atoms with Crippen molar-refractivity contribution in [2.75, 3.05) is 26.8 Å². The lowest BCUT2D eigenvalue weighted by atomic mass is 9.86. The minimum atomic E-state index is -0.339. The van der Waals surface area contributed by atoms with Gasteiger partial charge in [-0.3, -0.25) is 4.79 Å². The highest BCUT2D eigenvalue weighted by Gasteiger charge is 2.48. The van der Waals surface area contributed by atoms with Crippen molar-refractivity contribution >= 4 is 5.91 Å². The Hall–Kier alpha value is -1.53. The Bertz CT molecular complexity index is 511. The summed E-state index contributed by atoms with van der Waals surface area (Å²) in [6.45, 7) is 3.81. The average Bonchev–Trinajstić information content (AvgIpc) is 2.96. The molecule has 3 rings (SSSR count). The van der Waals surface area contributed by atoms with E-state index in [4.69, 9.17) is 9.47 Å². The van der Waals surface area contributed by atoms with Gasteiger partial charge in [0.2, 0.25) is 0 Å². The van der Waals surface area contributed by atoms with Gasteiger partial charge in [0.15, 0.2) is 0 Å². The molecule has 0 unspecified atom stereocenters. The number of aromatic nitrogens is 2. The molecule has 0 saturated carbocycles. The molecule has 0 radical (unpaired) electrons. The van der Waals surface area contributed by atoms with E-state index in [1.165, 1.54) is 0 Å². The van der Waals surface area contributed by atoms with Crippen molar-refractivity contribution in [1.82, 2.24) is 14.9 Å². The van der Waals surface area contributed by atoms with Crippen LogP contribution in [0.2, 0.25) is 0 Å². The van der Waals surface area contributed by atoms with E-state index in [1.807, 2.05) is 4.90 Å². The van der Waals surface area contributed by atoms with Crippen LogP contribution in [-0.2, 0) is 9.47 Å². The van der Waals surface area contributed by atoms with Gasteiger partial charge in [0.25, 0.3) is 5.91 Å². The number of carbonyl (C=O) groups excluding carboxylic acids is 1. The predicted octanol–water partition coefficient (Wildman–Crippen LogP) is 1.20. The van der Waals surface area contributed by atoms with Gasteiger partial charge in [0.1, 0.15) is 11.4 Å². The molecule has 1 aromatic rings. The molecule has 1 spiro atoms. The summed E-state index contributed by atoms with van der Waals surface area (Å²) in [7, 11) is 1.72. The van der Waals surface area contributed by atoms with Gasteiger partial charge < -0.3 is 14.4 Å². The molecule has 1 amide bonds. The smallest absolute Gasteiger partial charge is 0.257 e. The van der Waals surface area contributed by atoms with Crippen LogP contribution in [0.1, 0.15) is 35.4 Å². The second-order valence-corrected chi connectivity index (χ2v) is 5.78. The van der Waals surface area contributed by atoms with Crippen LogP contribution in [0.15, 0.2) is 12.4 Å². The summed E-state index contributed by atoms with van der Waals surface area (Å²) < 4.78 is 11.6. The van der Waals surface area contributed by atoms with E-state index in [1.54, 1.807) is 26.4 Å². The number of rotatable bonds is 2. The number of ether oxygens (including phenoxy) is 2. The average molecular weight is 291 g/mol. The molecule has 21 heavy (non-hydrogen) atoms. The Morgan fingerprint density at radius 2 is 2.24 bits per heavy atom. The second-order valence-electron chi connectivity index (χ2n) is 5.78. The quantitative estimate of drug-likeness (QED) is 0.819. The second kappa shape index (κ2) is 5.69. The maximum Gasteiger partial charge on any atom is 0.257 e. The van der Waals surface area contributed by atoms with Crippen LogP contribution in [0, 0.1) is 6.92 Å². The molecule has 3 heterocycles. The van der Waals surface area contributed by atoms with Crippen molar-refractivity contribution in [3.8, 4) is 0 Å². The number of amides is 1. The standard InChI is InChI=1S/C15H21N3O3/c1-11-16-8-12(9-17-11)14(19)18-6-4-13(20-2)15(10-18)5-3-7-21-15/h8-9,13H,3-7,10H2,1-2H3/t13-,15-/m0/s1. The Morgan fingerprint density at radius 3 is 2.86 bits per heavy atom. The summed E-state index contributed by atoms with van der Waals surface area (Å²) in [5.41, 5.74) is 0.193. The molecular formula is C15H21N3O3. The number of methoxy groups -OCH3 is 1. The highest BCUT2D eigenvalue weighted by molar-refractivity contribution is 5.93. The first-order chi connectivity index (χ1) is 10.1. The monoisotopic (exact) mass is 291 g/mol. The SMILES string of the molecule is CO[C@H]1CCN(C(=O)c2cnc(C)nc2)C[C@@]12CCCO2. The van der Waals surface area contributed by atoms with Gasteiger partial charge in [0, 0.05) is 32.7 Å². The van der Waals surface area contributed by atoms with Crippen LogP contribution in [0.3, 0.4) is 0 Å². The summed E-state index contributed by atoms with van der Waals surface area (Å²) in [6.07, 6.45) is 6.02. The number of hydrogen-bond acceptors (Lipinski definition) is 5. The molecule has 2 aliphatic rings. The third-order valence-electron chi connectivity index (χ3n) is 4.44. The van der Waals surface area contributed by atoms with Crippen molar-refractivity contribution in [2.24, 2.45) is 0 Å². The predicted molar refractivity (Wildman–Crippen MR) is 76.0 cm³/mol. The van der Waals surface area contributed by atoms with Crippen LogP contribution >= 0.6 is 0 Å². The van der Waals surface area contributed by atoms with Crippen molar-refractivity contribution in [2.45, 2.75) is 37.9 Å². The summed E-state index contributed by atoms with van der Waals surface area (Å²) in [4.78, 5) is 22.6. The van der Waals surface area contributed by atoms with E-state index in [0.29, 0.717) is 24.5 Å². The van der Waals surface area contributed by atoms with Crippen LogP contribution in [0.5, 0.6) is 0 Å². The molecule has 2 aliphatic heterocycles. The van der Waals surface area contributed by atoms with E-state index in [9.17, 15) is 4.79 Å². The highest BCUT2D eigenvalue weighted by Crippen LogP contribution is 2.36. The summed E-state index contributed by atoms with van der Waals surface area (Å²) in [5.74, 6) is 0.639. The summed E-state index contributed by atoms with van der Waals surface area (Å²) in [6, 6.07) is 0. The molecule has 2 atom stereocenters. The summed E-state index contributed by atoms with van der Waals surface area (Å²) >= 11 is 0. The zero-order chi connectivity index (χ0) is 14.9. The van der Waals surface area contributed by atoms with Gasteiger partial charge in [-0.25, -0.2) is 9.97 Å². The molecule has 114 valence electrons. The first-order valence-electron chi connectivity index (χ1n) is 7.39. The maximum absolute atomic E-state index is 12.6. The Labute approximate surface area is 124 Å². The Morgan fingerprint density at radius 1 is 1.48 bits per heavy atom. The van der Waals surface area contributed by atoms with Crippen LogP contribution in [-0.4, -0.2) is 59.3 Å². The Kier molecular flexibility index (Phi) is 3.91. The van der Waals surface area contributed by atoms with Crippen LogP contribution in [0.25, 0.3) is 0 Å². The van der Waals surface area contributed by atoms with E-state index in [2.05, 4.69) is 9.97 Å². The van der Waals surface area contributed by atoms with E-state index >= 15 is 0 Å². The van der Waals surface area contributed by atoms with Crippen LogP contribution < -0.4 is 0 Å². The summed E-state index contributed by atoms with van der Waals surface area (Å²) in [5, 5.41) is 0. The largest absolute Gasteiger partial charge is 0.378 e. The first kappa shape index (κ1) is 14.4. The number of piperidine rings is 1. The number of likely N-dealkylation sites (tertiary alicyclic amines) is 1. The molecule has 0 bridgehead atoms. The molecular weight excluding hydrogens is 270 g/mol. The molecule has 0 aliphatic carbocycles. The fourth-order valence-electron chi connectivity index (χ4n) is 3.33. The lowest BCUT2D eigenvalue weighted by Crippen LogP contribution is -2.58. The van der Waals surface area contributed by atoms with Gasteiger partial charge in [-0.2, -0.15) is 0 Å². The maximum atomic E-state index is 12.6. The fraction of sp³-hybridized carbons (Fsp3) is 0.667. The van der Waals surface area contributed by atoms with E-state index < -0.39 is 0 Å². The van der Waals surface area contributed by atoms with Gasteiger partial charge in [-0.15, -0.1) is 0 Å². The Balaban J connectivity index is 1.77. The molecule has 6 nitrogen and oxygen atoms in total. The van der Waals surface area contributed by atoms with Crippen molar-refractivity contribution in [3.05, 3.63) is 23.8 Å². The number of hydrogen-bond donors (Lipinski definition) is 0. The lowest BCUT2D eigenvalue weighted by molar-refractivity contribution is -0.137. The van der Waals surface area contributed by atoms with E-state index in [0.717, 1.165) is 25.9 Å². The van der Waals surface area contributed by atoms with Crippen molar-refractivity contribution in [1.29, 1.82) is 0 Å². The zero-order valence-electron chi connectivity index (χ0n) is 12.5. The van der Waals surface area contributed by atoms with Crippen molar-refractivity contribution < 1.29 is 14.3 Å². The minimum absolute atomic E-state index is 0.0283. The molecule has 2 fully saturated rings. The van der Waals surface area contributed by atoms with Crippen molar-refractivity contribution in [3.63, 3.8) is 0 Å². The fourth-order valence-corrected chi connectivity index (χ4v) is 3.33. The first-order valence-corrected chi connectivity index (χ1v) is 7.39. The number of nitrogens with zero attached hydrogens (tertiary/aromatic N) is 3. The van der Waals surface area contributed by atoms with Gasteiger partial charge in [-0.05, 0) is 26.2 Å². The minimum Gasteiger partial charge on any atom is -0.378 e. The molecule has 1 aromatic heterocycles. The molecule has 0 aromatic carbocycles. The highest BCUT2D eigenvalue weighted by atomic mass is 16.6. The molecule has 2 saturated heterocycles. The van der Waals surface area contributed by atoms with Crippen LogP contribution in [0.4, 0.5) is 0 Å². The van der Waals surface area contributed by atoms with E-state index in [-0.39, 0.29) is 17.6 Å². The van der Waals surface area contributed by atoms with Gasteiger partial charge >= 0.3 is 0 Å². The third kappa shape index (κ3) is 2.65.